The SMILES string of the molecule is CCCCCC/C=C\CCCCCCCCC(O)C(=O)NC(COC1OC(CO)C(O)C(O)C1OC(=O)CCCCCCCCCCCCCCCCCCCCCCCCCCCCC)C(O)/C=C/CCCCCCCCCCC. The number of ether oxygens (including phenoxy) is 3. The molecule has 1 saturated heterocycles. The lowest BCUT2D eigenvalue weighted by Crippen LogP contribution is -2.61. The van der Waals surface area contributed by atoms with Crippen LogP contribution in [-0.4, -0.2) is 99.6 Å². The molecule has 0 aliphatic carbocycles. The van der Waals surface area contributed by atoms with Crippen molar-refractivity contribution in [2.24, 2.45) is 0 Å². The van der Waals surface area contributed by atoms with Crippen LogP contribution in [0.25, 0.3) is 0 Å². The summed E-state index contributed by atoms with van der Waals surface area (Å²) in [6.45, 7) is 5.81. The highest BCUT2D eigenvalue weighted by Crippen LogP contribution is 2.26. The Morgan fingerprint density at radius 1 is 0.469 bits per heavy atom. The molecule has 1 aliphatic rings. The number of hydrogen-bond acceptors (Lipinski definition) is 10. The van der Waals surface area contributed by atoms with Crippen molar-refractivity contribution in [3.63, 3.8) is 0 Å². The number of carbonyl (C=O) groups excluding carboxylic acids is 2. The lowest BCUT2D eigenvalue weighted by atomic mass is 9.99. The molecule has 11 heteroatoms. The Bertz CT molecular complexity index is 1410. The van der Waals surface area contributed by atoms with Crippen LogP contribution in [0.2, 0.25) is 0 Å². The van der Waals surface area contributed by atoms with E-state index in [9.17, 15) is 35.1 Å². The second-order valence-electron chi connectivity index (χ2n) is 24.6. The van der Waals surface area contributed by atoms with E-state index in [0.717, 1.165) is 70.6 Å². The van der Waals surface area contributed by atoms with Crippen molar-refractivity contribution < 1.29 is 49.3 Å². The summed E-state index contributed by atoms with van der Waals surface area (Å²) in [6.07, 6.45) is 59.6. The predicted octanol–water partition coefficient (Wildman–Crippen LogP) is 17.6. The Hall–Kier alpha value is -1.86. The summed E-state index contributed by atoms with van der Waals surface area (Å²) in [7, 11) is 0. The smallest absolute Gasteiger partial charge is 0.306 e. The molecule has 1 heterocycles. The number of allylic oxidation sites excluding steroid dienone is 3. The van der Waals surface area contributed by atoms with E-state index >= 15 is 0 Å². The second kappa shape index (κ2) is 58.5. The Labute approximate surface area is 499 Å². The van der Waals surface area contributed by atoms with Crippen molar-refractivity contribution >= 4 is 11.9 Å². The molecule has 8 unspecified atom stereocenters. The third kappa shape index (κ3) is 46.1. The Morgan fingerprint density at radius 3 is 1.21 bits per heavy atom. The van der Waals surface area contributed by atoms with Gasteiger partial charge in [0.2, 0.25) is 5.91 Å². The second-order valence-corrected chi connectivity index (χ2v) is 24.6. The average Bonchev–Trinajstić information content (AvgIpc) is 3.50. The first-order valence-corrected chi connectivity index (χ1v) is 35.1. The number of hydrogen-bond donors (Lipinski definition) is 6. The van der Waals surface area contributed by atoms with Gasteiger partial charge in [-0.15, -0.1) is 0 Å². The highest BCUT2D eigenvalue weighted by atomic mass is 16.7. The first-order valence-electron chi connectivity index (χ1n) is 35.1. The van der Waals surface area contributed by atoms with Gasteiger partial charge in [-0.25, -0.2) is 0 Å². The van der Waals surface area contributed by atoms with E-state index in [2.05, 4.69) is 38.2 Å². The first-order chi connectivity index (χ1) is 39.7. The maximum atomic E-state index is 13.4. The third-order valence-electron chi connectivity index (χ3n) is 16.9. The van der Waals surface area contributed by atoms with Gasteiger partial charge in [0, 0.05) is 6.42 Å². The fourth-order valence-electron chi connectivity index (χ4n) is 11.3. The van der Waals surface area contributed by atoms with Crippen LogP contribution in [-0.2, 0) is 23.8 Å². The van der Waals surface area contributed by atoms with Crippen molar-refractivity contribution in [3.05, 3.63) is 24.3 Å². The first kappa shape index (κ1) is 77.2. The number of aliphatic hydroxyl groups excluding tert-OH is 5. The van der Waals surface area contributed by atoms with Crippen LogP contribution in [0.1, 0.15) is 348 Å². The van der Waals surface area contributed by atoms with Gasteiger partial charge in [-0.3, -0.25) is 9.59 Å². The largest absolute Gasteiger partial charge is 0.454 e. The summed E-state index contributed by atoms with van der Waals surface area (Å²) in [6, 6.07) is -1.02. The molecule has 1 amide bonds. The van der Waals surface area contributed by atoms with Crippen LogP contribution in [0, 0.1) is 0 Å². The van der Waals surface area contributed by atoms with Gasteiger partial charge in [0.1, 0.15) is 24.4 Å². The summed E-state index contributed by atoms with van der Waals surface area (Å²) in [4.78, 5) is 26.6. The molecule has 1 aliphatic heterocycles. The zero-order chi connectivity index (χ0) is 58.9. The number of unbranched alkanes of at least 4 members (excludes halogenated alkanes) is 45. The number of esters is 1. The molecule has 0 bridgehead atoms. The fourth-order valence-corrected chi connectivity index (χ4v) is 11.3. The molecule has 0 aromatic carbocycles. The number of aliphatic hydroxyl groups is 5. The summed E-state index contributed by atoms with van der Waals surface area (Å²) in [5, 5.41) is 57.1. The molecule has 1 fully saturated rings. The molecule has 81 heavy (non-hydrogen) atoms. The van der Waals surface area contributed by atoms with E-state index in [4.69, 9.17) is 14.2 Å². The van der Waals surface area contributed by atoms with Gasteiger partial charge in [-0.1, -0.05) is 315 Å². The number of amides is 1. The van der Waals surface area contributed by atoms with E-state index in [1.807, 2.05) is 6.08 Å². The van der Waals surface area contributed by atoms with Crippen molar-refractivity contribution in [3.8, 4) is 0 Å². The number of nitrogens with one attached hydrogen (secondary N) is 1. The molecule has 8 atom stereocenters. The molecular weight excluding hydrogens is 1010 g/mol. The van der Waals surface area contributed by atoms with Gasteiger partial charge in [0.15, 0.2) is 12.4 Å². The molecule has 0 aromatic heterocycles. The number of rotatable bonds is 61. The highest BCUT2D eigenvalue weighted by Gasteiger charge is 2.47. The van der Waals surface area contributed by atoms with E-state index in [1.54, 1.807) is 6.08 Å². The molecule has 6 N–H and O–H groups in total. The molecule has 1 rings (SSSR count). The topological polar surface area (TPSA) is 175 Å². The predicted molar refractivity (Wildman–Crippen MR) is 338 cm³/mol. The quantitative estimate of drug-likeness (QED) is 0.0195. The minimum atomic E-state index is -1.61. The van der Waals surface area contributed by atoms with Gasteiger partial charge in [-0.2, -0.15) is 0 Å². The summed E-state index contributed by atoms with van der Waals surface area (Å²) in [5.41, 5.74) is 0. The Morgan fingerprint density at radius 2 is 0.815 bits per heavy atom. The van der Waals surface area contributed by atoms with Crippen molar-refractivity contribution in [1.82, 2.24) is 5.32 Å². The summed E-state index contributed by atoms with van der Waals surface area (Å²) >= 11 is 0. The molecule has 0 saturated carbocycles. The van der Waals surface area contributed by atoms with E-state index < -0.39 is 67.4 Å². The third-order valence-corrected chi connectivity index (χ3v) is 16.9. The summed E-state index contributed by atoms with van der Waals surface area (Å²) < 4.78 is 17.7. The van der Waals surface area contributed by atoms with Crippen molar-refractivity contribution in [1.29, 1.82) is 0 Å². The van der Waals surface area contributed by atoms with Gasteiger partial charge in [0.05, 0.1) is 25.4 Å². The normalized spacial score (nSPS) is 18.7. The lowest BCUT2D eigenvalue weighted by molar-refractivity contribution is -0.305. The van der Waals surface area contributed by atoms with Crippen LogP contribution in [0.4, 0.5) is 0 Å². The zero-order valence-electron chi connectivity index (χ0n) is 53.2. The molecule has 478 valence electrons. The van der Waals surface area contributed by atoms with E-state index in [1.165, 1.54) is 231 Å². The zero-order valence-corrected chi connectivity index (χ0v) is 53.2. The van der Waals surface area contributed by atoms with Gasteiger partial charge < -0.3 is 45.1 Å². The highest BCUT2D eigenvalue weighted by molar-refractivity contribution is 5.80. The van der Waals surface area contributed by atoms with Crippen LogP contribution >= 0.6 is 0 Å². The van der Waals surface area contributed by atoms with Gasteiger partial charge in [-0.05, 0) is 51.4 Å². The molecule has 0 spiro atoms. The standard InChI is InChI=1S/C70H133NO10/c1-4-7-10-13-16-19-22-24-26-27-28-29-30-31-32-33-34-35-36-37-38-40-43-46-49-52-55-58-65(75)81-68-67(77)66(76)64(59-72)80-70(68)79-60-61(62(73)56-53-50-47-44-41-21-18-15-12-9-6-3)71-69(78)63(74)57-54-51-48-45-42-39-25-23-20-17-14-11-8-5-2/h20,23,53,56,61-64,66-68,70,72-74,76-77H,4-19,21-22,24-52,54-55,57-60H2,1-3H3,(H,71,78)/b23-20-,56-53+. The van der Waals surface area contributed by atoms with Crippen molar-refractivity contribution in [2.45, 2.75) is 397 Å². The Kier molecular flexibility index (Phi) is 55.7. The Balaban J connectivity index is 2.50. The van der Waals surface area contributed by atoms with Crippen molar-refractivity contribution in [2.75, 3.05) is 13.2 Å². The van der Waals surface area contributed by atoms with Gasteiger partial charge >= 0.3 is 5.97 Å². The lowest BCUT2D eigenvalue weighted by Gasteiger charge is -2.41. The maximum Gasteiger partial charge on any atom is 0.306 e. The summed E-state index contributed by atoms with van der Waals surface area (Å²) in [5.74, 6) is -1.18. The number of carbonyl (C=O) groups is 2. The molecule has 11 nitrogen and oxygen atoms in total. The van der Waals surface area contributed by atoms with Crippen LogP contribution in [0.3, 0.4) is 0 Å². The maximum absolute atomic E-state index is 13.4. The van der Waals surface area contributed by atoms with Gasteiger partial charge in [0.25, 0.3) is 0 Å². The van der Waals surface area contributed by atoms with Crippen LogP contribution in [0.15, 0.2) is 24.3 Å². The minimum absolute atomic E-state index is 0.130. The van der Waals surface area contributed by atoms with Crippen LogP contribution < -0.4 is 5.32 Å². The molecule has 0 aromatic rings. The molecule has 0 radical (unpaired) electrons. The monoisotopic (exact) mass is 1150 g/mol. The van der Waals surface area contributed by atoms with E-state index in [-0.39, 0.29) is 19.4 Å². The van der Waals surface area contributed by atoms with Crippen LogP contribution in [0.5, 0.6) is 0 Å². The fraction of sp³-hybridized carbons (Fsp3) is 0.914. The van der Waals surface area contributed by atoms with E-state index in [0.29, 0.717) is 12.8 Å². The average molecular weight is 1150 g/mol. The molecular formula is C70H133NO10. The minimum Gasteiger partial charge on any atom is -0.454 e.